The second kappa shape index (κ2) is 8.38. The number of hydrogen-bond donors (Lipinski definition) is 1. The number of nitrogens with zero attached hydrogens (tertiary/aromatic N) is 2. The molecule has 0 saturated carbocycles. The van der Waals surface area contributed by atoms with Crippen molar-refractivity contribution in [2.75, 3.05) is 5.32 Å². The molecule has 0 aliphatic rings. The summed E-state index contributed by atoms with van der Waals surface area (Å²) in [6, 6.07) is 21.8. The number of rotatable bonds is 4. The summed E-state index contributed by atoms with van der Waals surface area (Å²) < 4.78 is 5.60. The van der Waals surface area contributed by atoms with Gasteiger partial charge < -0.3 is 9.73 Å². The maximum atomic E-state index is 12.7. The van der Waals surface area contributed by atoms with Crippen molar-refractivity contribution in [1.82, 2.24) is 4.98 Å². The van der Waals surface area contributed by atoms with E-state index < -0.39 is 5.63 Å². The van der Waals surface area contributed by atoms with Crippen molar-refractivity contribution >= 4 is 44.3 Å². The van der Waals surface area contributed by atoms with Crippen LogP contribution in [0.3, 0.4) is 0 Å². The van der Waals surface area contributed by atoms with Crippen molar-refractivity contribution in [2.45, 2.75) is 13.8 Å². The molecule has 1 N–H and O–H groups in total. The summed E-state index contributed by atoms with van der Waals surface area (Å²) in [5, 5.41) is 18.1. The van der Waals surface area contributed by atoms with Crippen LogP contribution in [0.1, 0.15) is 16.1 Å². The molecule has 0 unspecified atom stereocenters. The van der Waals surface area contributed by atoms with Gasteiger partial charge in [0.25, 0.3) is 0 Å². The molecule has 0 radical (unpaired) electrons. The van der Waals surface area contributed by atoms with Crippen molar-refractivity contribution in [3.63, 3.8) is 0 Å². The minimum absolute atomic E-state index is 0.376. The number of benzene rings is 3. The van der Waals surface area contributed by atoms with Crippen molar-refractivity contribution in [3.05, 3.63) is 98.8 Å². The SMILES string of the molecule is Cc1cc(C)cc(NC=C(C#N)c2nc(-c3cc4c(ccc5ccccc54)oc3=O)cs2)c1. The van der Waals surface area contributed by atoms with Gasteiger partial charge in [0.2, 0.25) is 0 Å². The van der Waals surface area contributed by atoms with Crippen LogP contribution in [0.5, 0.6) is 0 Å². The van der Waals surface area contributed by atoms with Gasteiger partial charge in [-0.25, -0.2) is 9.78 Å². The van der Waals surface area contributed by atoms with Gasteiger partial charge in [0.05, 0.1) is 11.3 Å². The molecule has 0 spiro atoms. The second-order valence-corrected chi connectivity index (χ2v) is 8.73. The Kier molecular flexibility index (Phi) is 5.25. The lowest BCUT2D eigenvalue weighted by Crippen LogP contribution is -2.03. The van der Waals surface area contributed by atoms with Gasteiger partial charge in [0, 0.05) is 22.7 Å². The first-order valence-electron chi connectivity index (χ1n) is 10.4. The van der Waals surface area contributed by atoms with Crippen molar-refractivity contribution in [2.24, 2.45) is 0 Å². The van der Waals surface area contributed by atoms with Crippen LogP contribution in [0, 0.1) is 25.2 Å². The normalized spacial score (nSPS) is 11.6. The highest BCUT2D eigenvalue weighted by atomic mass is 32.1. The predicted molar refractivity (Wildman–Crippen MR) is 134 cm³/mol. The average Bonchev–Trinajstić information content (AvgIpc) is 3.28. The summed E-state index contributed by atoms with van der Waals surface area (Å²) in [6.07, 6.45) is 1.65. The molecule has 160 valence electrons. The summed E-state index contributed by atoms with van der Waals surface area (Å²) in [7, 11) is 0. The Morgan fingerprint density at radius 1 is 1.06 bits per heavy atom. The molecule has 2 heterocycles. The number of hydrogen-bond acceptors (Lipinski definition) is 6. The Morgan fingerprint density at radius 3 is 2.64 bits per heavy atom. The van der Waals surface area contributed by atoms with Crippen LogP contribution in [0.25, 0.3) is 38.6 Å². The largest absolute Gasteiger partial charge is 0.422 e. The van der Waals surface area contributed by atoms with Gasteiger partial charge in [-0.3, -0.25) is 0 Å². The molecule has 2 aromatic heterocycles. The quantitative estimate of drug-likeness (QED) is 0.188. The first-order valence-corrected chi connectivity index (χ1v) is 11.3. The van der Waals surface area contributed by atoms with E-state index in [9.17, 15) is 10.1 Å². The number of thiazole rings is 1. The standard InChI is InChI=1S/C27H19N3O2S/c1-16-9-17(2)11-20(10-16)29-14-19(13-28)26-30-24(15-33-26)23-12-22-21-6-4-3-5-18(21)7-8-25(22)32-27(23)31/h3-12,14-15,29H,1-2H3. The Morgan fingerprint density at radius 2 is 1.85 bits per heavy atom. The van der Waals surface area contributed by atoms with Crippen LogP contribution in [-0.4, -0.2) is 4.98 Å². The second-order valence-electron chi connectivity index (χ2n) is 7.87. The molecule has 0 atom stereocenters. The number of aryl methyl sites for hydroxylation is 2. The summed E-state index contributed by atoms with van der Waals surface area (Å²) in [6.45, 7) is 4.05. The zero-order valence-electron chi connectivity index (χ0n) is 18.0. The van der Waals surface area contributed by atoms with Crippen LogP contribution in [0.15, 0.2) is 81.5 Å². The van der Waals surface area contributed by atoms with E-state index in [0.29, 0.717) is 27.4 Å². The van der Waals surface area contributed by atoms with E-state index in [2.05, 4.69) is 22.4 Å². The predicted octanol–water partition coefficient (Wildman–Crippen LogP) is 6.66. The molecule has 0 aliphatic heterocycles. The zero-order valence-corrected chi connectivity index (χ0v) is 18.9. The van der Waals surface area contributed by atoms with Crippen molar-refractivity contribution in [3.8, 4) is 17.3 Å². The highest BCUT2D eigenvalue weighted by molar-refractivity contribution is 7.11. The smallest absolute Gasteiger partial charge is 0.345 e. The number of aromatic nitrogens is 1. The van der Waals surface area contributed by atoms with Crippen molar-refractivity contribution < 1.29 is 4.42 Å². The van der Waals surface area contributed by atoms with Gasteiger partial charge in [-0.2, -0.15) is 5.26 Å². The van der Waals surface area contributed by atoms with Gasteiger partial charge in [-0.1, -0.05) is 36.4 Å². The van der Waals surface area contributed by atoms with Gasteiger partial charge in [0.15, 0.2) is 0 Å². The summed E-state index contributed by atoms with van der Waals surface area (Å²) in [5.74, 6) is 0. The molecule has 5 aromatic rings. The molecule has 5 nitrogen and oxygen atoms in total. The molecule has 0 aliphatic carbocycles. The molecule has 6 heteroatoms. The monoisotopic (exact) mass is 449 g/mol. The zero-order chi connectivity index (χ0) is 22.9. The topological polar surface area (TPSA) is 78.9 Å². The summed E-state index contributed by atoms with van der Waals surface area (Å²) >= 11 is 1.31. The molecule has 3 aromatic carbocycles. The minimum atomic E-state index is -0.453. The first kappa shape index (κ1) is 20.7. The molecule has 0 fully saturated rings. The van der Waals surface area contributed by atoms with Gasteiger partial charge in [-0.15, -0.1) is 11.3 Å². The molecule has 0 saturated heterocycles. The molecular weight excluding hydrogens is 430 g/mol. The maximum absolute atomic E-state index is 12.7. The summed E-state index contributed by atoms with van der Waals surface area (Å²) in [5.41, 5.74) is 4.51. The fourth-order valence-electron chi connectivity index (χ4n) is 3.93. The Bertz CT molecular complexity index is 1630. The lowest BCUT2D eigenvalue weighted by molar-refractivity contribution is 0.563. The molecule has 33 heavy (non-hydrogen) atoms. The number of anilines is 1. The lowest BCUT2D eigenvalue weighted by Gasteiger charge is -2.05. The molecule has 0 bridgehead atoms. The maximum Gasteiger partial charge on any atom is 0.345 e. The van der Waals surface area contributed by atoms with E-state index in [1.54, 1.807) is 11.6 Å². The van der Waals surface area contributed by atoms with Gasteiger partial charge in [-0.05, 0) is 60.0 Å². The summed E-state index contributed by atoms with van der Waals surface area (Å²) in [4.78, 5) is 17.3. The van der Waals surface area contributed by atoms with Gasteiger partial charge in [0.1, 0.15) is 22.2 Å². The fraction of sp³-hybridized carbons (Fsp3) is 0.0741. The third kappa shape index (κ3) is 4.02. The van der Waals surface area contributed by atoms with Crippen LogP contribution < -0.4 is 10.9 Å². The third-order valence-electron chi connectivity index (χ3n) is 5.38. The van der Waals surface area contributed by atoms with E-state index in [-0.39, 0.29) is 0 Å². The van der Waals surface area contributed by atoms with E-state index >= 15 is 0 Å². The van der Waals surface area contributed by atoms with E-state index in [1.807, 2.05) is 68.4 Å². The molecule has 5 rings (SSSR count). The van der Waals surface area contributed by atoms with Crippen LogP contribution >= 0.6 is 11.3 Å². The third-order valence-corrected chi connectivity index (χ3v) is 6.25. The molecule has 0 amide bonds. The van der Waals surface area contributed by atoms with E-state index in [4.69, 9.17) is 4.42 Å². The fourth-order valence-corrected chi connectivity index (χ4v) is 4.71. The average molecular weight is 450 g/mol. The Labute approximate surface area is 194 Å². The highest BCUT2D eigenvalue weighted by Gasteiger charge is 2.15. The van der Waals surface area contributed by atoms with Crippen molar-refractivity contribution in [1.29, 1.82) is 5.26 Å². The van der Waals surface area contributed by atoms with E-state index in [1.165, 1.54) is 11.3 Å². The van der Waals surface area contributed by atoms with E-state index in [0.717, 1.165) is 33.0 Å². The first-order chi connectivity index (χ1) is 16.0. The number of allylic oxidation sites excluding steroid dienone is 1. The highest BCUT2D eigenvalue weighted by Crippen LogP contribution is 2.30. The number of nitriles is 1. The number of nitrogens with one attached hydrogen (secondary N) is 1. The minimum Gasteiger partial charge on any atom is -0.422 e. The van der Waals surface area contributed by atoms with Crippen LogP contribution in [0.4, 0.5) is 5.69 Å². The molecular formula is C27H19N3O2S. The van der Waals surface area contributed by atoms with Crippen LogP contribution in [-0.2, 0) is 0 Å². The Hall–Kier alpha value is -4.21. The Balaban J connectivity index is 1.53. The lowest BCUT2D eigenvalue weighted by atomic mass is 10.0. The van der Waals surface area contributed by atoms with Gasteiger partial charge >= 0.3 is 5.63 Å². The van der Waals surface area contributed by atoms with Crippen LogP contribution in [0.2, 0.25) is 0 Å². The number of fused-ring (bicyclic) bond motifs is 3.